The Bertz CT molecular complexity index is 1270. The molecule has 0 amide bonds. The maximum atomic E-state index is 13.8. The summed E-state index contributed by atoms with van der Waals surface area (Å²) in [5, 5.41) is 11.1. The number of aromatic nitrogens is 1. The summed E-state index contributed by atoms with van der Waals surface area (Å²) in [5.41, 5.74) is 2.44. The Balaban J connectivity index is 1.11. The van der Waals surface area contributed by atoms with Gasteiger partial charge >= 0.3 is 0 Å². The number of ketones is 1. The van der Waals surface area contributed by atoms with Gasteiger partial charge in [-0.1, -0.05) is 29.3 Å². The number of aliphatic hydroxyl groups is 1. The molecule has 170 valence electrons. The zero-order valence-corrected chi connectivity index (χ0v) is 19.2. The fraction of sp³-hybridized carbons (Fsp3) is 0.346. The van der Waals surface area contributed by atoms with Gasteiger partial charge in [-0.15, -0.1) is 0 Å². The highest BCUT2D eigenvalue weighted by Gasteiger charge is 2.69. The Morgan fingerprint density at radius 2 is 1.91 bits per heavy atom. The number of aliphatic hydroxyl groups excluding tert-OH is 1. The van der Waals surface area contributed by atoms with Gasteiger partial charge in [0.25, 0.3) is 0 Å². The molecule has 1 aliphatic heterocycles. The van der Waals surface area contributed by atoms with Gasteiger partial charge in [-0.25, -0.2) is 4.39 Å². The predicted molar refractivity (Wildman–Crippen MR) is 124 cm³/mol. The molecule has 3 aromatic rings. The molecule has 4 aliphatic rings. The Hall–Kier alpha value is -2.34. The zero-order valence-electron chi connectivity index (χ0n) is 17.7. The lowest BCUT2D eigenvalue weighted by molar-refractivity contribution is -0.195. The van der Waals surface area contributed by atoms with Gasteiger partial charge in [0, 0.05) is 41.4 Å². The number of ether oxygens (including phenoxy) is 1. The van der Waals surface area contributed by atoms with E-state index in [1.165, 1.54) is 6.07 Å². The fourth-order valence-corrected chi connectivity index (χ4v) is 6.34. The molecule has 3 aliphatic carbocycles. The molecule has 2 heterocycles. The quantitative estimate of drug-likeness (QED) is 0.459. The molecule has 3 fully saturated rings. The van der Waals surface area contributed by atoms with Gasteiger partial charge in [0.05, 0.1) is 11.1 Å². The van der Waals surface area contributed by atoms with Crippen LogP contribution in [-0.2, 0) is 10.3 Å². The van der Waals surface area contributed by atoms with Gasteiger partial charge in [0.1, 0.15) is 11.6 Å². The topological polar surface area (TPSA) is 51.5 Å². The summed E-state index contributed by atoms with van der Waals surface area (Å²) in [7, 11) is 0. The lowest BCUT2D eigenvalue weighted by Crippen LogP contribution is -2.68. The molecular weight excluding hydrogens is 464 g/mol. The van der Waals surface area contributed by atoms with Crippen molar-refractivity contribution in [1.82, 2.24) is 4.57 Å². The summed E-state index contributed by atoms with van der Waals surface area (Å²) in [4.78, 5) is 13.0. The van der Waals surface area contributed by atoms with Crippen LogP contribution in [0.25, 0.3) is 11.1 Å². The Labute approximate surface area is 200 Å². The number of rotatable bonds is 5. The van der Waals surface area contributed by atoms with Crippen LogP contribution >= 0.6 is 23.2 Å². The van der Waals surface area contributed by atoms with Gasteiger partial charge in [0.15, 0.2) is 11.9 Å². The minimum absolute atomic E-state index is 0.0164. The van der Waals surface area contributed by atoms with Crippen LogP contribution < -0.4 is 4.74 Å². The molecule has 7 heteroatoms. The molecule has 2 atom stereocenters. The number of hydrogen-bond donors (Lipinski definition) is 1. The first-order valence-electron chi connectivity index (χ1n) is 11.1. The summed E-state index contributed by atoms with van der Waals surface area (Å²) in [5.74, 6) is 0.155. The number of Topliss-reactive ketones (excluding diaryl/α,β-unsaturated/α-hetero) is 1. The number of carbonyl (C=O) groups excluding carboxylic acids is 1. The first-order valence-corrected chi connectivity index (χ1v) is 11.8. The molecule has 2 bridgehead atoms. The Kier molecular flexibility index (Phi) is 4.71. The molecule has 0 unspecified atom stereocenters. The number of carbonyl (C=O) groups is 1. The van der Waals surface area contributed by atoms with Crippen LogP contribution in [0.2, 0.25) is 10.0 Å². The summed E-state index contributed by atoms with van der Waals surface area (Å²) in [6, 6.07) is 11.9. The van der Waals surface area contributed by atoms with Gasteiger partial charge in [-0.2, -0.15) is 0 Å². The number of nitrogens with zero attached hydrogens (tertiary/aromatic N) is 1. The minimum Gasteiger partial charge on any atom is -0.482 e. The number of halogens is 3. The standard InChI is InChI=1S/C26H22Cl2FNO3/c27-17-2-4-23-18(8-17)21(31)9-24(33-23)22(32)10-25-12-26(13-25,14-25)30-6-5-16(11-30)15-1-3-19(28)20(29)7-15/h1-8,11,21,24,31H,9-10,12-14H2/t21-,24-,25?,26?/m1/s1. The summed E-state index contributed by atoms with van der Waals surface area (Å²) < 4.78 is 22.0. The van der Waals surface area contributed by atoms with E-state index in [0.717, 1.165) is 30.4 Å². The molecule has 1 N–H and O–H groups in total. The fourth-order valence-electron chi connectivity index (χ4n) is 6.04. The third kappa shape index (κ3) is 3.40. The highest BCUT2D eigenvalue weighted by molar-refractivity contribution is 6.31. The Morgan fingerprint density at radius 3 is 2.67 bits per heavy atom. The van der Waals surface area contributed by atoms with Crippen LogP contribution in [-0.4, -0.2) is 21.6 Å². The summed E-state index contributed by atoms with van der Waals surface area (Å²) >= 11 is 11.8. The number of hydrogen-bond acceptors (Lipinski definition) is 3. The van der Waals surface area contributed by atoms with E-state index in [2.05, 4.69) is 10.8 Å². The van der Waals surface area contributed by atoms with Gasteiger partial charge in [-0.3, -0.25) is 4.79 Å². The van der Waals surface area contributed by atoms with E-state index < -0.39 is 18.0 Å². The molecule has 0 saturated heterocycles. The molecule has 3 saturated carbocycles. The molecule has 0 spiro atoms. The van der Waals surface area contributed by atoms with Crippen molar-refractivity contribution in [3.8, 4) is 16.9 Å². The first-order chi connectivity index (χ1) is 15.8. The molecule has 1 aromatic heterocycles. The van der Waals surface area contributed by atoms with Crippen molar-refractivity contribution in [2.45, 2.75) is 49.9 Å². The van der Waals surface area contributed by atoms with Crippen LogP contribution in [0.1, 0.15) is 43.8 Å². The van der Waals surface area contributed by atoms with E-state index in [9.17, 15) is 14.3 Å². The van der Waals surface area contributed by atoms with Crippen LogP contribution in [0, 0.1) is 11.2 Å². The summed E-state index contributed by atoms with van der Waals surface area (Å²) in [6.07, 6.45) is 6.25. The second-order valence-electron chi connectivity index (χ2n) is 9.87. The van der Waals surface area contributed by atoms with Gasteiger partial charge < -0.3 is 14.4 Å². The highest BCUT2D eigenvalue weighted by Crippen LogP contribution is 2.73. The van der Waals surface area contributed by atoms with Crippen molar-refractivity contribution in [2.75, 3.05) is 0 Å². The largest absolute Gasteiger partial charge is 0.482 e. The monoisotopic (exact) mass is 485 g/mol. The average molecular weight is 486 g/mol. The van der Waals surface area contributed by atoms with Crippen molar-refractivity contribution in [3.63, 3.8) is 0 Å². The maximum absolute atomic E-state index is 13.8. The predicted octanol–water partition coefficient (Wildman–Crippen LogP) is 6.32. The molecule has 2 aromatic carbocycles. The first kappa shape index (κ1) is 21.2. The minimum atomic E-state index is -0.753. The van der Waals surface area contributed by atoms with Crippen molar-refractivity contribution >= 4 is 29.0 Å². The van der Waals surface area contributed by atoms with Crippen LogP contribution in [0.3, 0.4) is 0 Å². The van der Waals surface area contributed by atoms with Crippen molar-refractivity contribution in [2.24, 2.45) is 5.41 Å². The highest BCUT2D eigenvalue weighted by atomic mass is 35.5. The van der Waals surface area contributed by atoms with Crippen LogP contribution in [0.5, 0.6) is 5.75 Å². The van der Waals surface area contributed by atoms with Crippen LogP contribution in [0.4, 0.5) is 4.39 Å². The van der Waals surface area contributed by atoms with Crippen LogP contribution in [0.15, 0.2) is 54.9 Å². The van der Waals surface area contributed by atoms with E-state index in [-0.39, 0.29) is 28.2 Å². The number of benzene rings is 2. The Morgan fingerprint density at radius 1 is 1.12 bits per heavy atom. The van der Waals surface area contributed by atoms with Gasteiger partial charge in [-0.05, 0) is 72.2 Å². The van der Waals surface area contributed by atoms with E-state index in [1.54, 1.807) is 24.3 Å². The summed E-state index contributed by atoms with van der Waals surface area (Å²) in [6.45, 7) is 0. The lowest BCUT2D eigenvalue weighted by atomic mass is 9.38. The lowest BCUT2D eigenvalue weighted by Gasteiger charge is -2.71. The third-order valence-electron chi connectivity index (χ3n) is 7.55. The maximum Gasteiger partial charge on any atom is 0.173 e. The molecular formula is C26H22Cl2FNO3. The smallest absolute Gasteiger partial charge is 0.173 e. The number of fused-ring (bicyclic) bond motifs is 1. The van der Waals surface area contributed by atoms with Crippen molar-refractivity contribution < 1.29 is 19.0 Å². The molecule has 4 nitrogen and oxygen atoms in total. The van der Waals surface area contributed by atoms with E-state index >= 15 is 0 Å². The second kappa shape index (κ2) is 7.33. The zero-order chi connectivity index (χ0) is 23.0. The molecule has 7 rings (SSSR count). The van der Waals surface area contributed by atoms with Crippen molar-refractivity contribution in [3.05, 3.63) is 76.3 Å². The third-order valence-corrected chi connectivity index (χ3v) is 8.09. The SMILES string of the molecule is O=C(CC12CC(n3ccc(-c4ccc(Cl)c(F)c4)c3)(C1)C2)[C@H]1C[C@@H](O)c2cc(Cl)ccc2O1. The normalized spacial score (nSPS) is 29.5. The second-order valence-corrected chi connectivity index (χ2v) is 10.7. The van der Waals surface area contributed by atoms with Gasteiger partial charge in [0.2, 0.25) is 0 Å². The average Bonchev–Trinajstić information content (AvgIpc) is 3.21. The van der Waals surface area contributed by atoms with E-state index in [0.29, 0.717) is 22.8 Å². The molecule has 33 heavy (non-hydrogen) atoms. The van der Waals surface area contributed by atoms with E-state index in [4.69, 9.17) is 27.9 Å². The molecule has 0 radical (unpaired) electrons. The van der Waals surface area contributed by atoms with Crippen molar-refractivity contribution in [1.29, 1.82) is 0 Å². The van der Waals surface area contributed by atoms with E-state index in [1.807, 2.05) is 18.3 Å².